The Kier molecular flexibility index (Phi) is 5.68. The van der Waals surface area contributed by atoms with Gasteiger partial charge in [0.15, 0.2) is 5.82 Å². The van der Waals surface area contributed by atoms with Gasteiger partial charge in [-0.1, -0.05) is 23.4 Å². The maximum atomic E-state index is 12.6. The monoisotopic (exact) mass is 356 g/mol. The fourth-order valence-corrected chi connectivity index (χ4v) is 3.05. The van der Waals surface area contributed by atoms with E-state index in [0.717, 1.165) is 24.2 Å². The number of anilines is 1. The van der Waals surface area contributed by atoms with Crippen molar-refractivity contribution in [3.63, 3.8) is 0 Å². The Morgan fingerprint density at radius 1 is 1.15 bits per heavy atom. The highest BCUT2D eigenvalue weighted by Gasteiger charge is 2.23. The highest BCUT2D eigenvalue weighted by Crippen LogP contribution is 2.13. The smallest absolute Gasteiger partial charge is 0.254 e. The maximum Gasteiger partial charge on any atom is 0.254 e. The van der Waals surface area contributed by atoms with Crippen LogP contribution < -0.4 is 5.32 Å². The number of carbonyl (C=O) groups is 2. The lowest BCUT2D eigenvalue weighted by Gasteiger charge is -2.34. The van der Waals surface area contributed by atoms with Gasteiger partial charge in [0.1, 0.15) is 5.76 Å². The van der Waals surface area contributed by atoms with Crippen LogP contribution in [0.2, 0.25) is 0 Å². The molecule has 1 aliphatic heterocycles. The molecule has 1 N–H and O–H groups in total. The molecule has 2 amide bonds. The lowest BCUT2D eigenvalue weighted by atomic mass is 10.1. The summed E-state index contributed by atoms with van der Waals surface area (Å²) in [6.45, 7) is 7.30. The lowest BCUT2D eigenvalue weighted by Crippen LogP contribution is -2.49. The van der Waals surface area contributed by atoms with Gasteiger partial charge in [-0.15, -0.1) is 0 Å². The van der Waals surface area contributed by atoms with Gasteiger partial charge in [-0.05, 0) is 25.5 Å². The standard InChI is InChI=1S/C19H24N4O3/c1-14-5-3-4-6-16(14)19(25)23-11-9-22(10-12-23)8-7-18(24)20-17-13-15(2)26-21-17/h3-6,13H,7-12H2,1-2H3,(H,20,21,24). The Bertz CT molecular complexity index is 779. The highest BCUT2D eigenvalue weighted by atomic mass is 16.5. The predicted octanol–water partition coefficient (Wildman–Crippen LogP) is 2.08. The first kappa shape index (κ1) is 18.1. The largest absolute Gasteiger partial charge is 0.360 e. The average Bonchev–Trinajstić information content (AvgIpc) is 3.05. The van der Waals surface area contributed by atoms with Gasteiger partial charge < -0.3 is 14.7 Å². The molecule has 2 aromatic rings. The number of hydrogen-bond acceptors (Lipinski definition) is 5. The van der Waals surface area contributed by atoms with Gasteiger partial charge in [0, 0.05) is 50.8 Å². The minimum Gasteiger partial charge on any atom is -0.360 e. The first-order chi connectivity index (χ1) is 12.5. The Morgan fingerprint density at radius 3 is 2.54 bits per heavy atom. The summed E-state index contributed by atoms with van der Waals surface area (Å²) in [6, 6.07) is 9.35. The molecule has 7 nitrogen and oxygen atoms in total. The van der Waals surface area contributed by atoms with Crippen LogP contribution in [0.3, 0.4) is 0 Å². The number of nitrogens with zero attached hydrogens (tertiary/aromatic N) is 3. The number of hydrogen-bond donors (Lipinski definition) is 1. The third-order valence-electron chi connectivity index (χ3n) is 4.59. The van der Waals surface area contributed by atoms with Crippen LogP contribution >= 0.6 is 0 Å². The molecule has 1 aliphatic rings. The molecular weight excluding hydrogens is 332 g/mol. The van der Waals surface area contributed by atoms with Crippen LogP contribution in [0.5, 0.6) is 0 Å². The van der Waals surface area contributed by atoms with Gasteiger partial charge in [-0.25, -0.2) is 0 Å². The molecule has 3 rings (SSSR count). The van der Waals surface area contributed by atoms with Crippen molar-refractivity contribution in [3.05, 3.63) is 47.2 Å². The normalized spacial score (nSPS) is 15.1. The van der Waals surface area contributed by atoms with Crippen molar-refractivity contribution < 1.29 is 14.1 Å². The summed E-state index contributed by atoms with van der Waals surface area (Å²) in [6.07, 6.45) is 0.387. The molecule has 1 saturated heterocycles. The molecule has 0 bridgehead atoms. The Morgan fingerprint density at radius 2 is 1.88 bits per heavy atom. The van der Waals surface area contributed by atoms with Crippen molar-refractivity contribution in [2.45, 2.75) is 20.3 Å². The van der Waals surface area contributed by atoms with Crippen LogP contribution in [0.15, 0.2) is 34.9 Å². The van der Waals surface area contributed by atoms with Crippen LogP contribution in [0.25, 0.3) is 0 Å². The zero-order chi connectivity index (χ0) is 18.5. The van der Waals surface area contributed by atoms with E-state index >= 15 is 0 Å². The lowest BCUT2D eigenvalue weighted by molar-refractivity contribution is -0.116. The third kappa shape index (κ3) is 4.49. The first-order valence-electron chi connectivity index (χ1n) is 8.83. The van der Waals surface area contributed by atoms with Gasteiger partial charge in [-0.3, -0.25) is 14.5 Å². The number of nitrogens with one attached hydrogen (secondary N) is 1. The number of carbonyl (C=O) groups excluding carboxylic acids is 2. The number of aromatic nitrogens is 1. The van der Waals surface area contributed by atoms with E-state index in [-0.39, 0.29) is 11.8 Å². The van der Waals surface area contributed by atoms with E-state index in [9.17, 15) is 9.59 Å². The second-order valence-corrected chi connectivity index (χ2v) is 6.57. The van der Waals surface area contributed by atoms with Gasteiger partial charge in [0.25, 0.3) is 5.91 Å². The minimum atomic E-state index is -0.0864. The summed E-state index contributed by atoms with van der Waals surface area (Å²) >= 11 is 0. The number of amides is 2. The van der Waals surface area contributed by atoms with Crippen LogP contribution in [0, 0.1) is 13.8 Å². The van der Waals surface area contributed by atoms with E-state index in [4.69, 9.17) is 4.52 Å². The molecule has 26 heavy (non-hydrogen) atoms. The second-order valence-electron chi connectivity index (χ2n) is 6.57. The molecule has 7 heteroatoms. The Balaban J connectivity index is 1.43. The fraction of sp³-hybridized carbons (Fsp3) is 0.421. The molecule has 0 atom stereocenters. The van der Waals surface area contributed by atoms with Crippen LogP contribution in [-0.2, 0) is 4.79 Å². The van der Waals surface area contributed by atoms with Crippen LogP contribution in [-0.4, -0.2) is 59.5 Å². The topological polar surface area (TPSA) is 78.7 Å². The van der Waals surface area contributed by atoms with Crippen molar-refractivity contribution in [2.75, 3.05) is 38.0 Å². The SMILES string of the molecule is Cc1cc(NC(=O)CCN2CCN(C(=O)c3ccccc3C)CC2)no1. The predicted molar refractivity (Wildman–Crippen MR) is 98.0 cm³/mol. The summed E-state index contributed by atoms with van der Waals surface area (Å²) in [5.74, 6) is 1.11. The van der Waals surface area contributed by atoms with Crippen LogP contribution in [0.1, 0.15) is 28.1 Å². The molecule has 1 fully saturated rings. The van der Waals surface area contributed by atoms with Crippen molar-refractivity contribution >= 4 is 17.6 Å². The Labute approximate surface area is 152 Å². The number of aryl methyl sites for hydroxylation is 2. The summed E-state index contributed by atoms with van der Waals surface area (Å²) in [4.78, 5) is 28.7. The van der Waals surface area contributed by atoms with E-state index in [1.54, 1.807) is 13.0 Å². The van der Waals surface area contributed by atoms with Gasteiger partial charge in [0.05, 0.1) is 0 Å². The fourth-order valence-electron chi connectivity index (χ4n) is 3.05. The van der Waals surface area contributed by atoms with E-state index in [1.165, 1.54) is 0 Å². The summed E-state index contributed by atoms with van der Waals surface area (Å²) in [7, 11) is 0. The molecule has 0 radical (unpaired) electrons. The number of benzene rings is 1. The van der Waals surface area contributed by atoms with Crippen LogP contribution in [0.4, 0.5) is 5.82 Å². The summed E-state index contributed by atoms with van der Waals surface area (Å²) in [5, 5.41) is 6.47. The summed E-state index contributed by atoms with van der Waals surface area (Å²) in [5.41, 5.74) is 1.77. The van der Waals surface area contributed by atoms with Gasteiger partial charge in [-0.2, -0.15) is 0 Å². The quantitative estimate of drug-likeness (QED) is 0.887. The zero-order valence-corrected chi connectivity index (χ0v) is 15.2. The van der Waals surface area contributed by atoms with E-state index < -0.39 is 0 Å². The van der Waals surface area contributed by atoms with Crippen molar-refractivity contribution in [3.8, 4) is 0 Å². The van der Waals surface area contributed by atoms with E-state index in [1.807, 2.05) is 36.1 Å². The van der Waals surface area contributed by atoms with Crippen molar-refractivity contribution in [2.24, 2.45) is 0 Å². The first-order valence-corrected chi connectivity index (χ1v) is 8.83. The minimum absolute atomic E-state index is 0.0851. The molecule has 1 aromatic heterocycles. The number of rotatable bonds is 5. The average molecular weight is 356 g/mol. The molecule has 138 valence electrons. The maximum absolute atomic E-state index is 12.6. The van der Waals surface area contributed by atoms with Crippen molar-refractivity contribution in [1.82, 2.24) is 15.0 Å². The number of piperazine rings is 1. The molecule has 0 saturated carbocycles. The van der Waals surface area contributed by atoms with E-state index in [2.05, 4.69) is 15.4 Å². The zero-order valence-electron chi connectivity index (χ0n) is 15.2. The molecule has 1 aromatic carbocycles. The molecule has 2 heterocycles. The second kappa shape index (κ2) is 8.14. The van der Waals surface area contributed by atoms with E-state index in [0.29, 0.717) is 37.6 Å². The van der Waals surface area contributed by atoms with Gasteiger partial charge >= 0.3 is 0 Å². The van der Waals surface area contributed by atoms with Gasteiger partial charge in [0.2, 0.25) is 5.91 Å². The molecular formula is C19H24N4O3. The third-order valence-corrected chi connectivity index (χ3v) is 4.59. The molecule has 0 aliphatic carbocycles. The summed E-state index contributed by atoms with van der Waals surface area (Å²) < 4.78 is 4.93. The Hall–Kier alpha value is -2.67. The van der Waals surface area contributed by atoms with Crippen molar-refractivity contribution in [1.29, 1.82) is 0 Å². The molecule has 0 spiro atoms. The molecule has 0 unspecified atom stereocenters. The highest BCUT2D eigenvalue weighted by molar-refractivity contribution is 5.95.